The van der Waals surface area contributed by atoms with Gasteiger partial charge < -0.3 is 4.74 Å². The molecule has 0 aliphatic rings. The number of hydrogen-bond donors (Lipinski definition) is 0. The largest absolute Gasteiger partial charge is 0.425 e. The van der Waals surface area contributed by atoms with E-state index in [1.165, 1.54) is 63.4 Å². The van der Waals surface area contributed by atoms with Crippen molar-refractivity contribution >= 4 is 17.6 Å². The number of esters is 1. The maximum absolute atomic E-state index is 12.1. The molecule has 0 saturated carbocycles. The second-order valence-electron chi connectivity index (χ2n) is 9.17. The first-order chi connectivity index (χ1) is 15.5. The number of pyridine rings is 1. The van der Waals surface area contributed by atoms with E-state index in [1.807, 2.05) is 32.2 Å². The summed E-state index contributed by atoms with van der Waals surface area (Å²) in [5, 5.41) is -0.616. The fraction of sp³-hybridized carbons (Fsp3) is 0.571. The van der Waals surface area contributed by atoms with Crippen LogP contribution in [-0.4, -0.2) is 16.3 Å². The Kier molecular flexibility index (Phi) is 12.4. The summed E-state index contributed by atoms with van der Waals surface area (Å²) >= 11 is 6.12. The molecule has 0 bridgehead atoms. The lowest BCUT2D eigenvalue weighted by molar-refractivity contribution is -0.134. The highest BCUT2D eigenvalue weighted by Crippen LogP contribution is 2.23. The Morgan fingerprint density at radius 1 is 0.906 bits per heavy atom. The zero-order valence-electron chi connectivity index (χ0n) is 20.1. The van der Waals surface area contributed by atoms with Crippen molar-refractivity contribution in [3.05, 3.63) is 48.2 Å². The van der Waals surface area contributed by atoms with Crippen LogP contribution in [0.2, 0.25) is 0 Å². The number of carbonyl (C=O) groups is 1. The first-order valence-electron chi connectivity index (χ1n) is 12.4. The molecule has 0 aliphatic carbocycles. The van der Waals surface area contributed by atoms with Crippen molar-refractivity contribution in [1.82, 2.24) is 4.98 Å². The molecule has 32 heavy (non-hydrogen) atoms. The van der Waals surface area contributed by atoms with Gasteiger partial charge in [-0.05, 0) is 61.1 Å². The first-order valence-corrected chi connectivity index (χ1v) is 12.8. The van der Waals surface area contributed by atoms with Gasteiger partial charge >= 0.3 is 5.97 Å². The lowest BCUT2D eigenvalue weighted by Gasteiger charge is -2.11. The van der Waals surface area contributed by atoms with Crippen LogP contribution in [0.15, 0.2) is 42.6 Å². The number of nitrogens with zero attached hydrogens (tertiary/aromatic N) is 1. The minimum Gasteiger partial charge on any atom is -0.425 e. The number of carbonyl (C=O) groups excluding carboxylic acids is 1. The van der Waals surface area contributed by atoms with Crippen LogP contribution in [0.5, 0.6) is 5.75 Å². The lowest BCUT2D eigenvalue weighted by Crippen LogP contribution is -2.22. The molecule has 3 nitrogen and oxygen atoms in total. The van der Waals surface area contributed by atoms with Gasteiger partial charge in [0.15, 0.2) is 0 Å². The van der Waals surface area contributed by atoms with Crippen LogP contribution in [0.3, 0.4) is 0 Å². The van der Waals surface area contributed by atoms with Crippen molar-refractivity contribution in [2.45, 2.75) is 96.8 Å². The van der Waals surface area contributed by atoms with Gasteiger partial charge in [-0.1, -0.05) is 78.2 Å². The Bertz CT molecular complexity index is 771. The zero-order chi connectivity index (χ0) is 23.2. The number of halogens is 1. The molecule has 1 aromatic carbocycles. The standard InChI is InChI=1S/C28H40ClNO2/c1-4-5-6-7-8-9-10-11-12-13-23-14-19-27(30-21-23)24-15-17-25(18-16-24)32-28(31)26(29)20-22(2)3/h14-19,21-22,26H,4-13,20H2,1-3H3. The highest BCUT2D eigenvalue weighted by atomic mass is 35.5. The third kappa shape index (κ3) is 10.2. The quantitative estimate of drug-likeness (QED) is 0.117. The van der Waals surface area contributed by atoms with E-state index < -0.39 is 11.3 Å². The monoisotopic (exact) mass is 457 g/mol. The van der Waals surface area contributed by atoms with Gasteiger partial charge in [0.25, 0.3) is 0 Å². The molecule has 4 heteroatoms. The number of rotatable bonds is 15. The van der Waals surface area contributed by atoms with Crippen LogP contribution in [0.4, 0.5) is 0 Å². The molecular weight excluding hydrogens is 418 g/mol. The maximum Gasteiger partial charge on any atom is 0.329 e. The number of aryl methyl sites for hydroxylation is 1. The third-order valence-corrected chi connectivity index (χ3v) is 6.05. The highest BCUT2D eigenvalue weighted by molar-refractivity contribution is 6.30. The maximum atomic E-state index is 12.1. The molecular formula is C28H40ClNO2. The van der Waals surface area contributed by atoms with Gasteiger partial charge in [-0.3, -0.25) is 9.78 Å². The number of ether oxygens (including phenoxy) is 1. The Hall–Kier alpha value is -1.87. The fourth-order valence-corrected chi connectivity index (χ4v) is 4.17. The van der Waals surface area contributed by atoms with Gasteiger partial charge in [0.2, 0.25) is 0 Å². The summed E-state index contributed by atoms with van der Waals surface area (Å²) in [5.41, 5.74) is 3.22. The van der Waals surface area contributed by atoms with Gasteiger partial charge in [0.1, 0.15) is 11.1 Å². The highest BCUT2D eigenvalue weighted by Gasteiger charge is 2.19. The van der Waals surface area contributed by atoms with Crippen molar-refractivity contribution in [3.8, 4) is 17.0 Å². The summed E-state index contributed by atoms with van der Waals surface area (Å²) in [6.45, 7) is 6.33. The third-order valence-electron chi connectivity index (χ3n) is 5.70. The molecule has 0 saturated heterocycles. The Labute approximate surface area is 199 Å². The second kappa shape index (κ2) is 15.1. The number of hydrogen-bond acceptors (Lipinski definition) is 3. The molecule has 1 aromatic heterocycles. The van der Waals surface area contributed by atoms with Crippen LogP contribution in [0, 0.1) is 5.92 Å². The van der Waals surface area contributed by atoms with E-state index in [0.717, 1.165) is 17.7 Å². The molecule has 0 amide bonds. The van der Waals surface area contributed by atoms with Crippen LogP contribution in [0.25, 0.3) is 11.3 Å². The molecule has 1 heterocycles. The van der Waals surface area contributed by atoms with Crippen molar-refractivity contribution in [3.63, 3.8) is 0 Å². The van der Waals surface area contributed by atoms with Crippen molar-refractivity contribution < 1.29 is 9.53 Å². The normalized spacial score (nSPS) is 12.2. The van der Waals surface area contributed by atoms with E-state index in [1.54, 1.807) is 12.1 Å². The minimum absolute atomic E-state index is 0.349. The van der Waals surface area contributed by atoms with Crippen LogP contribution >= 0.6 is 11.6 Å². The van der Waals surface area contributed by atoms with Crippen molar-refractivity contribution in [1.29, 1.82) is 0 Å². The minimum atomic E-state index is -0.616. The summed E-state index contributed by atoms with van der Waals surface area (Å²) in [4.78, 5) is 16.7. The summed E-state index contributed by atoms with van der Waals surface area (Å²) in [7, 11) is 0. The molecule has 1 unspecified atom stereocenters. The number of benzene rings is 1. The van der Waals surface area contributed by atoms with E-state index >= 15 is 0 Å². The number of alkyl halides is 1. The van der Waals surface area contributed by atoms with Gasteiger partial charge in [-0.2, -0.15) is 0 Å². The van der Waals surface area contributed by atoms with Gasteiger partial charge in [0, 0.05) is 11.8 Å². The second-order valence-corrected chi connectivity index (χ2v) is 9.70. The van der Waals surface area contributed by atoms with Gasteiger partial charge in [-0.15, -0.1) is 11.6 Å². The van der Waals surface area contributed by atoms with Crippen LogP contribution in [0.1, 0.15) is 90.5 Å². The summed E-state index contributed by atoms with van der Waals surface area (Å²) in [6, 6.07) is 11.7. The Morgan fingerprint density at radius 2 is 1.53 bits per heavy atom. The lowest BCUT2D eigenvalue weighted by atomic mass is 10.0. The average Bonchev–Trinajstić information content (AvgIpc) is 2.78. The van der Waals surface area contributed by atoms with Crippen LogP contribution in [-0.2, 0) is 11.2 Å². The smallest absolute Gasteiger partial charge is 0.329 e. The number of aromatic nitrogens is 1. The van der Waals surface area contributed by atoms with E-state index in [-0.39, 0.29) is 0 Å². The van der Waals surface area contributed by atoms with E-state index in [9.17, 15) is 4.79 Å². The zero-order valence-corrected chi connectivity index (χ0v) is 20.9. The predicted octanol–water partition coefficient (Wildman–Crippen LogP) is 8.38. The van der Waals surface area contributed by atoms with Crippen LogP contribution < -0.4 is 4.74 Å². The fourth-order valence-electron chi connectivity index (χ4n) is 3.77. The molecule has 0 radical (unpaired) electrons. The van der Waals surface area contributed by atoms with Gasteiger partial charge in [-0.25, -0.2) is 0 Å². The molecule has 2 rings (SSSR count). The predicted molar refractivity (Wildman–Crippen MR) is 135 cm³/mol. The van der Waals surface area contributed by atoms with E-state index in [0.29, 0.717) is 18.1 Å². The van der Waals surface area contributed by atoms with E-state index in [2.05, 4.69) is 24.0 Å². The molecule has 0 spiro atoms. The molecule has 0 aliphatic heterocycles. The Morgan fingerprint density at radius 3 is 2.09 bits per heavy atom. The van der Waals surface area contributed by atoms with E-state index in [4.69, 9.17) is 16.3 Å². The van der Waals surface area contributed by atoms with Gasteiger partial charge in [0.05, 0.1) is 5.69 Å². The SMILES string of the molecule is CCCCCCCCCCCc1ccc(-c2ccc(OC(=O)C(Cl)CC(C)C)cc2)nc1. The first kappa shape index (κ1) is 26.4. The molecule has 0 N–H and O–H groups in total. The molecule has 0 fully saturated rings. The molecule has 1 atom stereocenters. The Balaban J connectivity index is 1.72. The summed E-state index contributed by atoms with van der Waals surface area (Å²) in [6.07, 6.45) is 15.8. The summed E-state index contributed by atoms with van der Waals surface area (Å²) in [5.74, 6) is 0.462. The number of unbranched alkanes of at least 4 members (excludes halogenated alkanes) is 8. The van der Waals surface area contributed by atoms with Crippen molar-refractivity contribution in [2.75, 3.05) is 0 Å². The van der Waals surface area contributed by atoms with Crippen molar-refractivity contribution in [2.24, 2.45) is 5.92 Å². The molecule has 176 valence electrons. The molecule has 2 aromatic rings. The average molecular weight is 458 g/mol. The summed E-state index contributed by atoms with van der Waals surface area (Å²) < 4.78 is 5.39. The topological polar surface area (TPSA) is 39.2 Å².